The molecule has 0 saturated carbocycles. The number of amides is 1. The monoisotopic (exact) mass is 363 g/mol. The Morgan fingerprint density at radius 2 is 1.77 bits per heavy atom. The Hall–Kier alpha value is -3.16. The first-order valence-corrected chi connectivity index (χ1v) is 7.53. The molecular weight excluding hydrogens is 350 g/mol. The van der Waals surface area contributed by atoms with Gasteiger partial charge in [-0.2, -0.15) is 18.3 Å². The summed E-state index contributed by atoms with van der Waals surface area (Å²) in [4.78, 5) is 12.4. The van der Waals surface area contributed by atoms with Gasteiger partial charge in [-0.25, -0.2) is 4.39 Å². The van der Waals surface area contributed by atoms with Crippen LogP contribution in [0.4, 0.5) is 23.2 Å². The summed E-state index contributed by atoms with van der Waals surface area (Å²) in [6, 6.07) is 12.8. The number of alkyl halides is 3. The van der Waals surface area contributed by atoms with Crippen LogP contribution >= 0.6 is 0 Å². The van der Waals surface area contributed by atoms with Gasteiger partial charge in [0.1, 0.15) is 5.82 Å². The third kappa shape index (κ3) is 3.44. The molecule has 0 radical (unpaired) electrons. The van der Waals surface area contributed by atoms with Gasteiger partial charge in [-0.15, -0.1) is 0 Å². The second kappa shape index (κ2) is 6.62. The lowest BCUT2D eigenvalue weighted by Crippen LogP contribution is -2.18. The van der Waals surface area contributed by atoms with Crippen molar-refractivity contribution in [1.29, 1.82) is 0 Å². The zero-order valence-electron chi connectivity index (χ0n) is 13.5. The molecular formula is C18H13F4N3O. The minimum absolute atomic E-state index is 0.194. The van der Waals surface area contributed by atoms with Crippen LogP contribution in [0.5, 0.6) is 0 Å². The number of para-hydroxylation sites is 1. The molecule has 0 saturated heterocycles. The summed E-state index contributed by atoms with van der Waals surface area (Å²) in [5, 5.41) is 5.54. The third-order valence-corrected chi connectivity index (χ3v) is 3.68. The summed E-state index contributed by atoms with van der Waals surface area (Å²) in [6.45, 7) is 0. The van der Waals surface area contributed by atoms with Crippen LogP contribution < -0.4 is 5.32 Å². The van der Waals surface area contributed by atoms with E-state index in [0.717, 1.165) is 16.9 Å². The highest BCUT2D eigenvalue weighted by Crippen LogP contribution is 2.33. The molecule has 0 spiro atoms. The van der Waals surface area contributed by atoms with Crippen molar-refractivity contribution in [2.75, 3.05) is 5.32 Å². The predicted octanol–water partition coefficient (Wildman–Crippen LogP) is 4.50. The number of hydrogen-bond acceptors (Lipinski definition) is 2. The lowest BCUT2D eigenvalue weighted by Gasteiger charge is -2.13. The summed E-state index contributed by atoms with van der Waals surface area (Å²) in [6.07, 6.45) is -3.85. The van der Waals surface area contributed by atoms with Gasteiger partial charge in [0.2, 0.25) is 0 Å². The number of aryl methyl sites for hydroxylation is 1. The fraction of sp³-hybridized carbons (Fsp3) is 0.111. The molecule has 0 atom stereocenters. The van der Waals surface area contributed by atoms with Gasteiger partial charge in [-0.05, 0) is 11.6 Å². The van der Waals surface area contributed by atoms with Gasteiger partial charge in [0.15, 0.2) is 5.69 Å². The van der Waals surface area contributed by atoms with Crippen molar-refractivity contribution < 1.29 is 22.4 Å². The van der Waals surface area contributed by atoms with E-state index in [0.29, 0.717) is 11.1 Å². The minimum atomic E-state index is -4.80. The first-order chi connectivity index (χ1) is 12.3. The highest BCUT2D eigenvalue weighted by Gasteiger charge is 2.39. The van der Waals surface area contributed by atoms with Crippen LogP contribution in [0.3, 0.4) is 0 Å². The van der Waals surface area contributed by atoms with Crippen LogP contribution in [-0.2, 0) is 13.2 Å². The van der Waals surface area contributed by atoms with Crippen LogP contribution in [0.1, 0.15) is 16.1 Å². The van der Waals surface area contributed by atoms with Gasteiger partial charge in [-0.3, -0.25) is 9.48 Å². The molecule has 0 aliphatic carbocycles. The maximum Gasteiger partial charge on any atom is 0.435 e. The van der Waals surface area contributed by atoms with Crippen LogP contribution in [0, 0.1) is 5.82 Å². The molecule has 3 aromatic rings. The van der Waals surface area contributed by atoms with Crippen molar-refractivity contribution in [3.05, 3.63) is 71.8 Å². The maximum absolute atomic E-state index is 14.3. The molecule has 8 heteroatoms. The fourth-order valence-corrected chi connectivity index (χ4v) is 2.55. The average Bonchev–Trinajstić information content (AvgIpc) is 3.00. The van der Waals surface area contributed by atoms with Gasteiger partial charge >= 0.3 is 6.18 Å². The smallest absolute Gasteiger partial charge is 0.319 e. The summed E-state index contributed by atoms with van der Waals surface area (Å²) >= 11 is 0. The lowest BCUT2D eigenvalue weighted by atomic mass is 10.0. The largest absolute Gasteiger partial charge is 0.435 e. The lowest BCUT2D eigenvalue weighted by molar-refractivity contribution is -0.141. The Morgan fingerprint density at radius 3 is 2.42 bits per heavy atom. The van der Waals surface area contributed by atoms with Crippen LogP contribution in [-0.4, -0.2) is 15.7 Å². The number of benzene rings is 2. The number of nitrogens with one attached hydrogen (secondary N) is 1. The molecule has 4 nitrogen and oxygen atoms in total. The third-order valence-electron chi connectivity index (χ3n) is 3.68. The number of aromatic nitrogens is 2. The van der Waals surface area contributed by atoms with Gasteiger partial charge in [0, 0.05) is 18.8 Å². The summed E-state index contributed by atoms with van der Waals surface area (Å²) in [7, 11) is 1.27. The van der Waals surface area contributed by atoms with E-state index in [1.54, 1.807) is 36.4 Å². The van der Waals surface area contributed by atoms with E-state index in [-0.39, 0.29) is 5.69 Å². The first kappa shape index (κ1) is 17.7. The standard InChI is InChI=1S/C18H13F4N3O/c1-25-10-13(16(24-25)18(20,21)22)17(26)23-15-12(8-5-9-14(15)19)11-6-3-2-4-7-11/h2-10H,1H3,(H,23,26). The van der Waals surface area contributed by atoms with Crippen molar-refractivity contribution in [2.24, 2.45) is 7.05 Å². The van der Waals surface area contributed by atoms with Gasteiger partial charge in [-0.1, -0.05) is 42.5 Å². The second-order valence-electron chi connectivity index (χ2n) is 5.55. The molecule has 0 aliphatic rings. The van der Waals surface area contributed by atoms with Crippen molar-refractivity contribution in [1.82, 2.24) is 9.78 Å². The summed E-state index contributed by atoms with van der Waals surface area (Å²) in [5.74, 6) is -1.84. The molecule has 2 aromatic carbocycles. The molecule has 0 bridgehead atoms. The Bertz CT molecular complexity index is 949. The fourth-order valence-electron chi connectivity index (χ4n) is 2.55. The molecule has 0 unspecified atom stereocenters. The zero-order chi connectivity index (χ0) is 18.9. The number of halogens is 4. The average molecular weight is 363 g/mol. The Kier molecular flexibility index (Phi) is 4.50. The number of hydrogen-bond donors (Lipinski definition) is 1. The quantitative estimate of drug-likeness (QED) is 0.697. The van der Waals surface area contributed by atoms with E-state index in [1.165, 1.54) is 13.1 Å². The predicted molar refractivity (Wildman–Crippen MR) is 88.0 cm³/mol. The molecule has 0 aliphatic heterocycles. The molecule has 1 heterocycles. The van der Waals surface area contributed by atoms with Crippen LogP contribution in [0.15, 0.2) is 54.7 Å². The second-order valence-corrected chi connectivity index (χ2v) is 5.55. The van der Waals surface area contributed by atoms with Crippen molar-refractivity contribution in [2.45, 2.75) is 6.18 Å². The highest BCUT2D eigenvalue weighted by atomic mass is 19.4. The normalized spacial score (nSPS) is 11.4. The van der Waals surface area contributed by atoms with E-state index < -0.39 is 29.2 Å². The Balaban J connectivity index is 2.02. The van der Waals surface area contributed by atoms with E-state index in [9.17, 15) is 22.4 Å². The summed E-state index contributed by atoms with van der Waals surface area (Å²) in [5.41, 5.74) is -1.22. The highest BCUT2D eigenvalue weighted by molar-refractivity contribution is 6.07. The Labute approximate surface area is 146 Å². The first-order valence-electron chi connectivity index (χ1n) is 7.53. The minimum Gasteiger partial charge on any atom is -0.319 e. The van der Waals surface area contributed by atoms with Crippen LogP contribution in [0.2, 0.25) is 0 Å². The number of carbonyl (C=O) groups is 1. The number of carbonyl (C=O) groups excluding carboxylic acids is 1. The molecule has 3 rings (SSSR count). The van der Waals surface area contributed by atoms with Crippen molar-refractivity contribution in [3.63, 3.8) is 0 Å². The molecule has 1 amide bonds. The van der Waals surface area contributed by atoms with E-state index in [2.05, 4.69) is 10.4 Å². The van der Waals surface area contributed by atoms with Gasteiger partial charge in [0.25, 0.3) is 5.91 Å². The van der Waals surface area contributed by atoms with Crippen LogP contribution in [0.25, 0.3) is 11.1 Å². The molecule has 0 fully saturated rings. The maximum atomic E-state index is 14.3. The number of anilines is 1. The van der Waals surface area contributed by atoms with E-state index in [1.807, 2.05) is 0 Å². The van der Waals surface area contributed by atoms with Crippen molar-refractivity contribution in [3.8, 4) is 11.1 Å². The molecule has 1 aromatic heterocycles. The molecule has 1 N–H and O–H groups in total. The van der Waals surface area contributed by atoms with E-state index in [4.69, 9.17) is 0 Å². The number of nitrogens with zero attached hydrogens (tertiary/aromatic N) is 2. The topological polar surface area (TPSA) is 46.9 Å². The molecule has 134 valence electrons. The van der Waals surface area contributed by atoms with E-state index >= 15 is 0 Å². The van der Waals surface area contributed by atoms with Crippen molar-refractivity contribution >= 4 is 11.6 Å². The summed E-state index contributed by atoms with van der Waals surface area (Å²) < 4.78 is 54.3. The SMILES string of the molecule is Cn1cc(C(=O)Nc2c(F)cccc2-c2ccccc2)c(C(F)(F)F)n1. The van der Waals surface area contributed by atoms with Gasteiger partial charge in [0.05, 0.1) is 11.3 Å². The number of rotatable bonds is 3. The Morgan fingerprint density at radius 1 is 1.08 bits per heavy atom. The molecule has 26 heavy (non-hydrogen) atoms. The zero-order valence-corrected chi connectivity index (χ0v) is 13.5. The van der Waals surface area contributed by atoms with Gasteiger partial charge < -0.3 is 5.32 Å².